The SMILES string of the molecule is Cc1[nH]c2ccccc2c1C(=O)[C@H](C)OC(=O)CCN1C(=O)NC(C)(C)C1=O. The van der Waals surface area contributed by atoms with E-state index >= 15 is 0 Å². The predicted molar refractivity (Wildman–Crippen MR) is 102 cm³/mol. The topological polar surface area (TPSA) is 109 Å². The van der Waals surface area contributed by atoms with Crippen LogP contribution in [0.25, 0.3) is 10.9 Å². The lowest BCUT2D eigenvalue weighted by Crippen LogP contribution is -2.40. The smallest absolute Gasteiger partial charge is 0.325 e. The number of aryl methyl sites for hydroxylation is 1. The molecule has 2 aromatic rings. The molecule has 1 aliphatic rings. The maximum atomic E-state index is 12.8. The molecule has 0 bridgehead atoms. The van der Waals surface area contributed by atoms with Crippen molar-refractivity contribution in [1.29, 1.82) is 0 Å². The van der Waals surface area contributed by atoms with Crippen molar-refractivity contribution in [2.75, 3.05) is 6.54 Å². The van der Waals surface area contributed by atoms with E-state index in [0.29, 0.717) is 11.3 Å². The summed E-state index contributed by atoms with van der Waals surface area (Å²) in [6.07, 6.45) is -1.16. The molecule has 28 heavy (non-hydrogen) atoms. The second-order valence-corrected chi connectivity index (χ2v) is 7.43. The van der Waals surface area contributed by atoms with Crippen LogP contribution in [-0.4, -0.2) is 51.8 Å². The van der Waals surface area contributed by atoms with E-state index in [0.717, 1.165) is 15.8 Å². The van der Waals surface area contributed by atoms with E-state index in [4.69, 9.17) is 4.74 Å². The second-order valence-electron chi connectivity index (χ2n) is 7.43. The number of aromatic nitrogens is 1. The first kappa shape index (κ1) is 19.6. The van der Waals surface area contributed by atoms with Crippen LogP contribution in [0.15, 0.2) is 24.3 Å². The molecule has 8 heteroatoms. The number of carbonyl (C=O) groups excluding carboxylic acids is 4. The molecule has 148 valence electrons. The number of ketones is 1. The molecule has 2 heterocycles. The number of nitrogens with zero attached hydrogens (tertiary/aromatic N) is 1. The van der Waals surface area contributed by atoms with Gasteiger partial charge in [0.15, 0.2) is 6.10 Å². The van der Waals surface area contributed by atoms with Crippen LogP contribution < -0.4 is 5.32 Å². The van der Waals surface area contributed by atoms with Gasteiger partial charge in [0.2, 0.25) is 5.78 Å². The van der Waals surface area contributed by atoms with Crippen molar-refractivity contribution in [3.63, 3.8) is 0 Å². The molecule has 1 aromatic heterocycles. The Morgan fingerprint density at radius 2 is 1.89 bits per heavy atom. The van der Waals surface area contributed by atoms with Gasteiger partial charge in [-0.25, -0.2) is 4.79 Å². The number of Topliss-reactive ketones (excluding diaryl/α,β-unsaturated/α-hetero) is 1. The van der Waals surface area contributed by atoms with E-state index in [1.807, 2.05) is 24.3 Å². The van der Waals surface area contributed by atoms with Gasteiger partial charge in [-0.15, -0.1) is 0 Å². The van der Waals surface area contributed by atoms with Crippen molar-refractivity contribution < 1.29 is 23.9 Å². The van der Waals surface area contributed by atoms with Gasteiger partial charge in [0.25, 0.3) is 5.91 Å². The number of aromatic amines is 1. The van der Waals surface area contributed by atoms with Gasteiger partial charge in [0, 0.05) is 28.7 Å². The van der Waals surface area contributed by atoms with Gasteiger partial charge in [-0.05, 0) is 33.8 Å². The Bertz CT molecular complexity index is 975. The molecule has 0 unspecified atom stereocenters. The lowest BCUT2D eigenvalue weighted by Gasteiger charge is -2.16. The Kier molecular flexibility index (Phi) is 4.97. The number of fused-ring (bicyclic) bond motifs is 1. The molecule has 1 atom stereocenters. The lowest BCUT2D eigenvalue weighted by atomic mass is 10.0. The zero-order valence-corrected chi connectivity index (χ0v) is 16.3. The summed E-state index contributed by atoms with van der Waals surface area (Å²) in [5.74, 6) is -1.35. The summed E-state index contributed by atoms with van der Waals surface area (Å²) in [5, 5.41) is 3.32. The molecule has 8 nitrogen and oxygen atoms in total. The molecule has 1 fully saturated rings. The highest BCUT2D eigenvalue weighted by Gasteiger charge is 2.44. The minimum Gasteiger partial charge on any atom is -0.454 e. The molecule has 0 aliphatic carbocycles. The number of benzene rings is 1. The summed E-state index contributed by atoms with van der Waals surface area (Å²) in [6, 6.07) is 6.87. The standard InChI is InChI=1S/C20H23N3O5/c1-11-16(13-7-5-6-8-14(13)21-11)17(25)12(2)28-15(24)9-10-23-18(26)20(3,4)22-19(23)27/h5-8,12,21H,9-10H2,1-4H3,(H,22,27)/t12-/m0/s1. The van der Waals surface area contributed by atoms with Crippen LogP contribution in [0, 0.1) is 6.92 Å². The van der Waals surface area contributed by atoms with Crippen LogP contribution in [0.1, 0.15) is 43.2 Å². The van der Waals surface area contributed by atoms with Crippen LogP contribution in [0.3, 0.4) is 0 Å². The fourth-order valence-corrected chi connectivity index (χ4v) is 3.33. The molecule has 3 amide bonds. The van der Waals surface area contributed by atoms with E-state index in [1.165, 1.54) is 6.92 Å². The summed E-state index contributed by atoms with van der Waals surface area (Å²) in [5.41, 5.74) is 1.04. The zero-order chi connectivity index (χ0) is 20.6. The third-order valence-corrected chi connectivity index (χ3v) is 4.80. The first-order chi connectivity index (χ1) is 13.1. The van der Waals surface area contributed by atoms with Gasteiger partial charge in [-0.3, -0.25) is 19.3 Å². The number of para-hydroxylation sites is 1. The fraction of sp³-hybridized carbons (Fsp3) is 0.400. The Balaban J connectivity index is 1.63. The molecule has 1 saturated heterocycles. The average molecular weight is 385 g/mol. The first-order valence-electron chi connectivity index (χ1n) is 9.07. The number of rotatable bonds is 6. The molecule has 2 N–H and O–H groups in total. The molecule has 1 aliphatic heterocycles. The number of nitrogens with one attached hydrogen (secondary N) is 2. The van der Waals surface area contributed by atoms with Crippen LogP contribution in [0.2, 0.25) is 0 Å². The lowest BCUT2D eigenvalue weighted by molar-refractivity contribution is -0.146. The van der Waals surface area contributed by atoms with Gasteiger partial charge in [0.1, 0.15) is 5.54 Å². The van der Waals surface area contributed by atoms with E-state index in [2.05, 4.69) is 10.3 Å². The monoisotopic (exact) mass is 385 g/mol. The van der Waals surface area contributed by atoms with Gasteiger partial charge < -0.3 is 15.0 Å². The number of urea groups is 1. The predicted octanol–water partition coefficient (Wildman–Crippen LogP) is 2.31. The van der Waals surface area contributed by atoms with Crippen molar-refractivity contribution >= 4 is 34.6 Å². The summed E-state index contributed by atoms with van der Waals surface area (Å²) >= 11 is 0. The Morgan fingerprint density at radius 3 is 2.54 bits per heavy atom. The average Bonchev–Trinajstić information content (AvgIpc) is 3.05. The minimum atomic E-state index is -0.989. The van der Waals surface area contributed by atoms with Crippen molar-refractivity contribution in [3.8, 4) is 0 Å². The largest absolute Gasteiger partial charge is 0.454 e. The third kappa shape index (κ3) is 3.49. The maximum Gasteiger partial charge on any atom is 0.325 e. The quantitative estimate of drug-likeness (QED) is 0.451. The van der Waals surface area contributed by atoms with Gasteiger partial charge in [-0.2, -0.15) is 0 Å². The number of imide groups is 1. The van der Waals surface area contributed by atoms with Crippen LogP contribution in [0.4, 0.5) is 4.79 Å². The number of ether oxygens (including phenoxy) is 1. The molecule has 3 rings (SSSR count). The summed E-state index contributed by atoms with van der Waals surface area (Å²) in [6.45, 7) is 6.39. The van der Waals surface area contributed by atoms with Gasteiger partial charge >= 0.3 is 12.0 Å². The minimum absolute atomic E-state index is 0.0973. The number of esters is 1. The number of hydrogen-bond donors (Lipinski definition) is 2. The molecular weight excluding hydrogens is 362 g/mol. The van der Waals surface area contributed by atoms with Crippen molar-refractivity contribution in [3.05, 3.63) is 35.5 Å². The van der Waals surface area contributed by atoms with E-state index < -0.39 is 29.6 Å². The zero-order valence-electron chi connectivity index (χ0n) is 16.3. The normalized spacial score (nSPS) is 16.9. The van der Waals surface area contributed by atoms with Crippen molar-refractivity contribution in [1.82, 2.24) is 15.2 Å². The van der Waals surface area contributed by atoms with Gasteiger partial charge in [-0.1, -0.05) is 18.2 Å². The van der Waals surface area contributed by atoms with Crippen LogP contribution in [0.5, 0.6) is 0 Å². The maximum absolute atomic E-state index is 12.8. The molecule has 0 spiro atoms. The Labute approximate surface area is 162 Å². The second kappa shape index (κ2) is 7.10. The van der Waals surface area contributed by atoms with Gasteiger partial charge in [0.05, 0.1) is 6.42 Å². The first-order valence-corrected chi connectivity index (χ1v) is 9.07. The molecular formula is C20H23N3O5. The van der Waals surface area contributed by atoms with E-state index in [9.17, 15) is 19.2 Å². The highest BCUT2D eigenvalue weighted by Crippen LogP contribution is 2.24. The van der Waals surface area contributed by atoms with E-state index in [1.54, 1.807) is 20.8 Å². The third-order valence-electron chi connectivity index (χ3n) is 4.80. The summed E-state index contributed by atoms with van der Waals surface area (Å²) < 4.78 is 5.25. The van der Waals surface area contributed by atoms with Crippen LogP contribution in [-0.2, 0) is 14.3 Å². The number of amides is 3. The summed E-state index contributed by atoms with van der Waals surface area (Å²) in [7, 11) is 0. The number of carbonyl (C=O) groups is 4. The number of H-pyrrole nitrogens is 1. The molecule has 0 radical (unpaired) electrons. The highest BCUT2D eigenvalue weighted by atomic mass is 16.5. The van der Waals surface area contributed by atoms with E-state index in [-0.39, 0.29) is 18.7 Å². The fourth-order valence-electron chi connectivity index (χ4n) is 3.33. The highest BCUT2D eigenvalue weighted by molar-refractivity contribution is 6.11. The molecule has 1 aromatic carbocycles. The van der Waals surface area contributed by atoms with Crippen molar-refractivity contribution in [2.45, 2.75) is 45.8 Å². The Morgan fingerprint density at radius 1 is 1.21 bits per heavy atom. The summed E-state index contributed by atoms with van der Waals surface area (Å²) in [4.78, 5) is 53.1. The van der Waals surface area contributed by atoms with Crippen LogP contribution >= 0.6 is 0 Å². The van der Waals surface area contributed by atoms with Crippen molar-refractivity contribution in [2.24, 2.45) is 0 Å². The number of hydrogen-bond acceptors (Lipinski definition) is 5. The molecule has 0 saturated carbocycles. The Hall–Kier alpha value is -3.16.